The van der Waals surface area contributed by atoms with Crippen LogP contribution in [0.15, 0.2) is 23.4 Å². The van der Waals surface area contributed by atoms with E-state index in [1.54, 1.807) is 10.8 Å². The lowest BCUT2D eigenvalue weighted by atomic mass is 9.89. The van der Waals surface area contributed by atoms with Crippen molar-refractivity contribution in [3.63, 3.8) is 0 Å². The van der Waals surface area contributed by atoms with Crippen LogP contribution in [0.2, 0.25) is 5.02 Å². The fourth-order valence-electron chi connectivity index (χ4n) is 4.06. The molecule has 3 heterocycles. The molecule has 1 unspecified atom stereocenters. The molecule has 2 aromatic heterocycles. The summed E-state index contributed by atoms with van der Waals surface area (Å²) in [6.07, 6.45) is 6.60. The number of hydrogen-bond acceptors (Lipinski definition) is 7. The maximum absolute atomic E-state index is 13.3. The van der Waals surface area contributed by atoms with Crippen molar-refractivity contribution < 1.29 is 9.84 Å². The van der Waals surface area contributed by atoms with Gasteiger partial charge in [-0.2, -0.15) is 0 Å². The summed E-state index contributed by atoms with van der Waals surface area (Å²) in [7, 11) is 0. The first kappa shape index (κ1) is 18.2. The Morgan fingerprint density at radius 3 is 2.96 bits per heavy atom. The zero-order valence-electron chi connectivity index (χ0n) is 15.0. The molecule has 2 aromatic rings. The van der Waals surface area contributed by atoms with Gasteiger partial charge in [0.05, 0.1) is 23.5 Å². The van der Waals surface area contributed by atoms with Gasteiger partial charge in [0.2, 0.25) is 0 Å². The molecule has 1 spiro atoms. The largest absolute Gasteiger partial charge is 0.488 e. The molecular weight excluding hydrogens is 370 g/mol. The van der Waals surface area contributed by atoms with Crippen molar-refractivity contribution in [2.75, 3.05) is 11.9 Å². The Morgan fingerprint density at radius 1 is 1.44 bits per heavy atom. The Balaban J connectivity index is 1.80. The molecule has 8 nitrogen and oxygen atoms in total. The number of aromatic nitrogens is 3. The second-order valence-electron chi connectivity index (χ2n) is 6.86. The summed E-state index contributed by atoms with van der Waals surface area (Å²) < 4.78 is 7.15. The van der Waals surface area contributed by atoms with Crippen LogP contribution in [0.1, 0.15) is 50.9 Å². The molecule has 0 radical (unpaired) electrons. The molecule has 0 saturated heterocycles. The van der Waals surface area contributed by atoms with Gasteiger partial charge in [-0.1, -0.05) is 18.0 Å². The zero-order valence-corrected chi connectivity index (χ0v) is 15.8. The van der Waals surface area contributed by atoms with Crippen LogP contribution >= 0.6 is 11.6 Å². The molecule has 0 aromatic carbocycles. The molecule has 9 heteroatoms. The summed E-state index contributed by atoms with van der Waals surface area (Å²) in [5.74, 6) is 0.844. The zero-order chi connectivity index (χ0) is 19.0. The molecule has 1 atom stereocenters. The van der Waals surface area contributed by atoms with Crippen molar-refractivity contribution in [1.82, 2.24) is 19.9 Å². The van der Waals surface area contributed by atoms with E-state index in [4.69, 9.17) is 16.3 Å². The van der Waals surface area contributed by atoms with Gasteiger partial charge in [0.15, 0.2) is 11.6 Å². The highest BCUT2D eigenvalue weighted by Gasteiger charge is 2.45. The van der Waals surface area contributed by atoms with E-state index in [-0.39, 0.29) is 11.2 Å². The van der Waals surface area contributed by atoms with Crippen LogP contribution in [-0.4, -0.2) is 26.2 Å². The Bertz CT molecular complexity index is 910. The molecule has 1 saturated carbocycles. The van der Waals surface area contributed by atoms with E-state index >= 15 is 0 Å². The number of nitrogens with zero attached hydrogens (tertiary/aromatic N) is 3. The van der Waals surface area contributed by atoms with Crippen LogP contribution in [0.4, 0.5) is 11.5 Å². The van der Waals surface area contributed by atoms with E-state index in [0.717, 1.165) is 32.1 Å². The minimum Gasteiger partial charge on any atom is -0.488 e. The lowest BCUT2D eigenvalue weighted by Crippen LogP contribution is -2.48. The van der Waals surface area contributed by atoms with Gasteiger partial charge >= 0.3 is 0 Å². The summed E-state index contributed by atoms with van der Waals surface area (Å²) in [6, 6.07) is 1.53. The molecule has 1 fully saturated rings. The molecule has 1 aliphatic heterocycles. The lowest BCUT2D eigenvalue weighted by molar-refractivity contribution is 0.0787. The number of aliphatic hydroxyl groups excluding tert-OH is 1. The predicted octanol–water partition coefficient (Wildman–Crippen LogP) is 2.65. The number of ether oxygens (including phenoxy) is 1. The van der Waals surface area contributed by atoms with Gasteiger partial charge in [-0.25, -0.2) is 9.97 Å². The number of anilines is 2. The monoisotopic (exact) mass is 391 g/mol. The first-order valence-corrected chi connectivity index (χ1v) is 9.55. The van der Waals surface area contributed by atoms with Gasteiger partial charge in [-0.3, -0.25) is 14.7 Å². The van der Waals surface area contributed by atoms with E-state index < -0.39 is 11.9 Å². The van der Waals surface area contributed by atoms with Crippen LogP contribution in [0.25, 0.3) is 0 Å². The van der Waals surface area contributed by atoms with Crippen molar-refractivity contribution in [2.45, 2.75) is 50.9 Å². The topological polar surface area (TPSA) is 101 Å². The normalized spacial score (nSPS) is 20.5. The highest BCUT2D eigenvalue weighted by atomic mass is 35.5. The van der Waals surface area contributed by atoms with Gasteiger partial charge in [0, 0.05) is 0 Å². The van der Waals surface area contributed by atoms with E-state index in [1.807, 2.05) is 6.92 Å². The number of aliphatic hydroxyl groups is 1. The average Bonchev–Trinajstić information content (AvgIpc) is 2.94. The molecule has 144 valence electrons. The van der Waals surface area contributed by atoms with Crippen molar-refractivity contribution in [1.29, 1.82) is 0 Å². The van der Waals surface area contributed by atoms with Gasteiger partial charge < -0.3 is 15.2 Å². The minimum absolute atomic E-state index is 0.249. The first-order chi connectivity index (χ1) is 13.1. The Morgan fingerprint density at radius 2 is 2.22 bits per heavy atom. The van der Waals surface area contributed by atoms with Crippen LogP contribution in [0, 0.1) is 0 Å². The molecule has 4 rings (SSSR count). The summed E-state index contributed by atoms with van der Waals surface area (Å²) >= 11 is 6.45. The van der Waals surface area contributed by atoms with Crippen molar-refractivity contribution in [3.8, 4) is 5.75 Å². The summed E-state index contributed by atoms with van der Waals surface area (Å²) in [5, 5.41) is 17.0. The lowest BCUT2D eigenvalue weighted by Gasteiger charge is -2.35. The third kappa shape index (κ3) is 3.07. The van der Waals surface area contributed by atoms with Gasteiger partial charge in [0.1, 0.15) is 23.9 Å². The van der Waals surface area contributed by atoms with E-state index in [0.29, 0.717) is 28.9 Å². The molecule has 2 aliphatic rings. The fraction of sp³-hybridized carbons (Fsp3) is 0.500. The second kappa shape index (κ2) is 7.10. The number of hydrogen-bond donors (Lipinski definition) is 3. The van der Waals surface area contributed by atoms with Crippen LogP contribution in [0.5, 0.6) is 5.75 Å². The number of halogens is 1. The number of rotatable bonds is 4. The van der Waals surface area contributed by atoms with Gasteiger partial charge in [0.25, 0.3) is 5.56 Å². The SMILES string of the molecule is CCOc1cncnc1Nc1cc(Cl)c2n(c1=O)C1(CCCCC1)NC2O. The fourth-order valence-corrected chi connectivity index (χ4v) is 4.35. The molecule has 27 heavy (non-hydrogen) atoms. The minimum atomic E-state index is -0.963. The second-order valence-corrected chi connectivity index (χ2v) is 7.27. The van der Waals surface area contributed by atoms with Crippen LogP contribution < -0.4 is 20.9 Å². The molecule has 3 N–H and O–H groups in total. The highest BCUT2D eigenvalue weighted by Crippen LogP contribution is 2.42. The first-order valence-electron chi connectivity index (χ1n) is 9.17. The smallest absolute Gasteiger partial charge is 0.276 e. The Hall–Kier alpha value is -2.16. The third-order valence-electron chi connectivity index (χ3n) is 5.19. The van der Waals surface area contributed by atoms with E-state index in [2.05, 4.69) is 20.6 Å². The quantitative estimate of drug-likeness (QED) is 0.736. The van der Waals surface area contributed by atoms with Crippen LogP contribution in [0.3, 0.4) is 0 Å². The van der Waals surface area contributed by atoms with Crippen molar-refractivity contribution in [3.05, 3.63) is 39.7 Å². The third-order valence-corrected chi connectivity index (χ3v) is 5.50. The van der Waals surface area contributed by atoms with Crippen molar-refractivity contribution >= 4 is 23.1 Å². The molecule has 0 amide bonds. The number of fused-ring (bicyclic) bond motifs is 2. The van der Waals surface area contributed by atoms with E-state index in [9.17, 15) is 9.90 Å². The number of pyridine rings is 1. The van der Waals surface area contributed by atoms with Crippen molar-refractivity contribution in [2.24, 2.45) is 0 Å². The molecular formula is C18H22ClN5O3. The maximum atomic E-state index is 13.3. The Labute approximate surface area is 161 Å². The standard InChI is InChI=1S/C18H22ClN5O3/c1-2-27-13-9-20-10-21-15(13)22-12-8-11(19)14-16(25)23-18(24(14)17(12)26)6-4-3-5-7-18/h8-10,16,23,25H,2-7H2,1H3,(H,20,21,22). The van der Waals surface area contributed by atoms with Gasteiger partial charge in [-0.05, 0) is 38.7 Å². The van der Waals surface area contributed by atoms with E-state index in [1.165, 1.54) is 12.4 Å². The predicted molar refractivity (Wildman–Crippen MR) is 101 cm³/mol. The average molecular weight is 392 g/mol. The molecule has 1 aliphatic carbocycles. The van der Waals surface area contributed by atoms with Crippen LogP contribution in [-0.2, 0) is 5.66 Å². The number of nitrogens with one attached hydrogen (secondary N) is 2. The Kier molecular flexibility index (Phi) is 4.79. The highest BCUT2D eigenvalue weighted by molar-refractivity contribution is 6.31. The van der Waals surface area contributed by atoms with Gasteiger partial charge in [-0.15, -0.1) is 0 Å². The summed E-state index contributed by atoms with van der Waals surface area (Å²) in [6.45, 7) is 2.31. The maximum Gasteiger partial charge on any atom is 0.276 e. The molecule has 0 bridgehead atoms. The summed E-state index contributed by atoms with van der Waals surface area (Å²) in [5.41, 5.74) is -0.146. The summed E-state index contributed by atoms with van der Waals surface area (Å²) in [4.78, 5) is 21.4.